The fourth-order valence-electron chi connectivity index (χ4n) is 5.29. The molecule has 2 atom stereocenters. The van der Waals surface area contributed by atoms with Crippen LogP contribution >= 0.6 is 12.4 Å². The molecule has 0 aromatic carbocycles. The van der Waals surface area contributed by atoms with Crippen molar-refractivity contribution in [2.45, 2.75) is 107 Å². The molecule has 0 bridgehead atoms. The summed E-state index contributed by atoms with van der Waals surface area (Å²) in [5.41, 5.74) is 5.41. The van der Waals surface area contributed by atoms with Gasteiger partial charge in [-0.15, -0.1) is 0 Å². The Balaban J connectivity index is 2.88. The molecule has 0 fully saturated rings. The van der Waals surface area contributed by atoms with Gasteiger partial charge in [0.15, 0.2) is 0 Å². The maximum absolute atomic E-state index is 6.66. The van der Waals surface area contributed by atoms with Crippen LogP contribution in [0.4, 0.5) is 0 Å². The first kappa shape index (κ1) is 26.4. The lowest BCUT2D eigenvalue weighted by Crippen LogP contribution is -2.35. The maximum Gasteiger partial charge on any atom is 0.0657 e. The first-order chi connectivity index (χ1) is 13.6. The third-order valence-electron chi connectivity index (χ3n) is 6.30. The smallest absolute Gasteiger partial charge is 0.0657 e. The van der Waals surface area contributed by atoms with Crippen LogP contribution in [-0.2, 0) is 23.6 Å². The molecular weight excluding hydrogens is 442 g/mol. The van der Waals surface area contributed by atoms with Crippen molar-refractivity contribution in [1.82, 2.24) is 9.34 Å². The van der Waals surface area contributed by atoms with Crippen molar-refractivity contribution in [3.05, 3.63) is 44.6 Å². The minimum atomic E-state index is -2.08. The SMILES string of the molecule is CC1=CP(=S)(N(C(C)C)C(C)C)C(C2=C(C)C(C)=CP2(=S)N(C(C)C)C(C)C)=C1C. The summed E-state index contributed by atoms with van der Waals surface area (Å²) in [4.78, 5) is 0. The fourth-order valence-corrected chi connectivity index (χ4v) is 18.6. The minimum Gasteiger partial charge on any atom is -0.264 e. The van der Waals surface area contributed by atoms with Gasteiger partial charge < -0.3 is 0 Å². The highest BCUT2D eigenvalue weighted by Crippen LogP contribution is 2.78. The number of allylic oxidation sites excluding steroid dienone is 6. The zero-order chi connectivity index (χ0) is 23.3. The molecule has 0 aliphatic carbocycles. The normalized spacial score (nSPS) is 27.8. The predicted octanol–water partition coefficient (Wildman–Crippen LogP) is 8.40. The molecule has 0 amide bonds. The van der Waals surface area contributed by atoms with Gasteiger partial charge in [-0.05, 0) is 117 Å². The van der Waals surface area contributed by atoms with E-state index in [-0.39, 0.29) is 0 Å². The third kappa shape index (κ3) is 4.23. The lowest BCUT2D eigenvalue weighted by molar-refractivity contribution is 0.324. The largest absolute Gasteiger partial charge is 0.264 e. The topological polar surface area (TPSA) is 6.48 Å². The number of hydrogen-bond donors (Lipinski definition) is 0. The van der Waals surface area contributed by atoms with Gasteiger partial charge in [-0.2, -0.15) is 0 Å². The second-order valence-electron chi connectivity index (χ2n) is 9.95. The van der Waals surface area contributed by atoms with Gasteiger partial charge in [-0.3, -0.25) is 9.34 Å². The van der Waals surface area contributed by atoms with E-state index in [2.05, 4.69) is 104 Å². The van der Waals surface area contributed by atoms with Gasteiger partial charge >= 0.3 is 0 Å². The highest BCUT2D eigenvalue weighted by atomic mass is 32.4. The molecule has 2 aliphatic heterocycles. The summed E-state index contributed by atoms with van der Waals surface area (Å²) in [5, 5.41) is 2.80. The van der Waals surface area contributed by atoms with Gasteiger partial charge in [-0.25, -0.2) is 0 Å². The van der Waals surface area contributed by atoms with Crippen LogP contribution in [0.2, 0.25) is 0 Å². The molecule has 0 aromatic rings. The Hall–Kier alpha value is 0.180. The van der Waals surface area contributed by atoms with Crippen molar-refractivity contribution in [3.8, 4) is 0 Å². The predicted molar refractivity (Wildman–Crippen MR) is 146 cm³/mol. The zero-order valence-corrected chi connectivity index (χ0v) is 24.5. The Morgan fingerprint density at radius 3 is 1.00 bits per heavy atom. The van der Waals surface area contributed by atoms with Gasteiger partial charge in [0.2, 0.25) is 0 Å². The molecular formula is C24H42N2P2S2. The summed E-state index contributed by atoms with van der Waals surface area (Å²) in [6.45, 7) is 27.3. The molecule has 2 aliphatic rings. The van der Waals surface area contributed by atoms with Gasteiger partial charge in [0.25, 0.3) is 0 Å². The second kappa shape index (κ2) is 9.20. The quantitative estimate of drug-likeness (QED) is 0.335. The van der Waals surface area contributed by atoms with E-state index in [0.717, 1.165) is 0 Å². The van der Waals surface area contributed by atoms with E-state index in [4.69, 9.17) is 23.6 Å². The van der Waals surface area contributed by atoms with Crippen LogP contribution in [0.5, 0.6) is 0 Å². The molecule has 0 saturated heterocycles. The Kier molecular flexibility index (Phi) is 8.11. The fraction of sp³-hybridized carbons (Fsp3) is 0.667. The van der Waals surface area contributed by atoms with Gasteiger partial charge in [0, 0.05) is 34.8 Å². The van der Waals surface area contributed by atoms with E-state index in [1.807, 2.05) is 0 Å². The minimum absolute atomic E-state index is 0.390. The van der Waals surface area contributed by atoms with Crippen molar-refractivity contribution in [3.63, 3.8) is 0 Å². The summed E-state index contributed by atoms with van der Waals surface area (Å²) in [7, 11) is 0. The highest BCUT2D eigenvalue weighted by molar-refractivity contribution is 8.20. The molecule has 170 valence electrons. The van der Waals surface area contributed by atoms with Crippen molar-refractivity contribution in [2.75, 3.05) is 0 Å². The number of nitrogens with zero attached hydrogens (tertiary/aromatic N) is 2. The summed E-state index contributed by atoms with van der Waals surface area (Å²) in [6, 6.07) is 1.56. The van der Waals surface area contributed by atoms with E-state index in [0.29, 0.717) is 24.2 Å². The number of rotatable bonds is 7. The molecule has 0 radical (unpaired) electrons. The molecule has 0 spiro atoms. The van der Waals surface area contributed by atoms with E-state index in [9.17, 15) is 0 Å². The van der Waals surface area contributed by atoms with Gasteiger partial charge in [-0.1, -0.05) is 23.6 Å². The Bertz CT molecular complexity index is 841. The third-order valence-corrected chi connectivity index (χ3v) is 16.4. The van der Waals surface area contributed by atoms with E-state index < -0.39 is 12.4 Å². The summed E-state index contributed by atoms with van der Waals surface area (Å²) in [5.74, 6) is 4.85. The molecule has 2 rings (SSSR count). The van der Waals surface area contributed by atoms with Crippen LogP contribution < -0.4 is 0 Å². The maximum atomic E-state index is 6.66. The molecule has 30 heavy (non-hydrogen) atoms. The lowest BCUT2D eigenvalue weighted by Gasteiger charge is -2.44. The van der Waals surface area contributed by atoms with Crippen LogP contribution in [0.3, 0.4) is 0 Å². The average Bonchev–Trinajstić information content (AvgIpc) is 2.89. The van der Waals surface area contributed by atoms with Crippen LogP contribution in [0.15, 0.2) is 44.6 Å². The lowest BCUT2D eigenvalue weighted by atomic mass is 10.1. The highest BCUT2D eigenvalue weighted by Gasteiger charge is 2.46. The van der Waals surface area contributed by atoms with Gasteiger partial charge in [0.05, 0.1) is 12.4 Å². The average molecular weight is 485 g/mol. The van der Waals surface area contributed by atoms with Crippen molar-refractivity contribution in [1.29, 1.82) is 0 Å². The molecule has 0 N–H and O–H groups in total. The first-order valence-corrected chi connectivity index (χ1v) is 16.9. The summed E-state index contributed by atoms with van der Waals surface area (Å²) >= 11 is 13.3. The Morgan fingerprint density at radius 1 is 0.567 bits per heavy atom. The summed E-state index contributed by atoms with van der Waals surface area (Å²) < 4.78 is 5.20. The first-order valence-electron chi connectivity index (χ1n) is 11.2. The number of hydrogen-bond acceptors (Lipinski definition) is 2. The van der Waals surface area contributed by atoms with E-state index in [1.54, 1.807) is 0 Å². The molecule has 6 heteroatoms. The van der Waals surface area contributed by atoms with Crippen molar-refractivity contribution >= 4 is 36.0 Å². The monoisotopic (exact) mass is 484 g/mol. The summed E-state index contributed by atoms with van der Waals surface area (Å²) in [6.07, 6.45) is -4.16. The van der Waals surface area contributed by atoms with Crippen LogP contribution in [-0.4, -0.2) is 33.5 Å². The van der Waals surface area contributed by atoms with Crippen molar-refractivity contribution in [2.24, 2.45) is 0 Å². The molecule has 2 nitrogen and oxygen atoms in total. The van der Waals surface area contributed by atoms with Crippen LogP contribution in [0.1, 0.15) is 83.1 Å². The van der Waals surface area contributed by atoms with Crippen LogP contribution in [0.25, 0.3) is 0 Å². The van der Waals surface area contributed by atoms with Crippen LogP contribution in [0, 0.1) is 0 Å². The second-order valence-corrected chi connectivity index (χ2v) is 18.1. The molecule has 2 heterocycles. The molecule has 0 aromatic heterocycles. The van der Waals surface area contributed by atoms with E-state index >= 15 is 0 Å². The van der Waals surface area contributed by atoms with Gasteiger partial charge in [0.1, 0.15) is 0 Å². The zero-order valence-electron chi connectivity index (χ0n) is 21.1. The standard InChI is InChI=1S/C24H42N2P2S2/c1-15(2)25(16(3)4)27(29)13-19(9)21(11)23(27)24-22(12)20(10)14-28(24,30)26(17(5)6)18(7)8/h13-18H,1-12H3. The Labute approximate surface area is 196 Å². The molecule has 2 unspecified atom stereocenters. The van der Waals surface area contributed by atoms with E-state index in [1.165, 1.54) is 32.9 Å². The Morgan fingerprint density at radius 2 is 0.800 bits per heavy atom. The molecule has 0 saturated carbocycles. The van der Waals surface area contributed by atoms with Crippen molar-refractivity contribution < 1.29 is 0 Å².